The number of fused-ring (bicyclic) bond motifs is 2. The highest BCUT2D eigenvalue weighted by molar-refractivity contribution is 7.13. The van der Waals surface area contributed by atoms with Gasteiger partial charge < -0.3 is 4.74 Å². The molecule has 0 aliphatic heterocycles. The second kappa shape index (κ2) is 8.83. The highest BCUT2D eigenvalue weighted by atomic mass is 32.1. The van der Waals surface area contributed by atoms with Crippen LogP contribution in [0.3, 0.4) is 0 Å². The van der Waals surface area contributed by atoms with E-state index in [1.165, 1.54) is 42.6 Å². The first-order valence-electron chi connectivity index (χ1n) is 11.4. The van der Waals surface area contributed by atoms with Gasteiger partial charge in [-0.3, -0.25) is 15.3 Å². The van der Waals surface area contributed by atoms with E-state index in [0.717, 1.165) is 24.7 Å². The van der Waals surface area contributed by atoms with E-state index < -0.39 is 12.0 Å². The van der Waals surface area contributed by atoms with Gasteiger partial charge in [0.1, 0.15) is 0 Å². The summed E-state index contributed by atoms with van der Waals surface area (Å²) in [7, 11) is 0. The summed E-state index contributed by atoms with van der Waals surface area (Å²) < 4.78 is 5.69. The van der Waals surface area contributed by atoms with Crippen LogP contribution in [0.5, 0.6) is 0 Å². The largest absolute Gasteiger partial charge is 0.449 e. The normalized spacial score (nSPS) is 30.5. The lowest BCUT2D eigenvalue weighted by Crippen LogP contribution is -2.33. The zero-order chi connectivity index (χ0) is 22.1. The van der Waals surface area contributed by atoms with Gasteiger partial charge in [0.15, 0.2) is 5.13 Å². The molecule has 3 fully saturated rings. The van der Waals surface area contributed by atoms with Gasteiger partial charge in [-0.15, -0.1) is 11.3 Å². The van der Waals surface area contributed by atoms with Crippen LogP contribution in [-0.2, 0) is 16.0 Å². The van der Waals surface area contributed by atoms with E-state index >= 15 is 0 Å². The lowest BCUT2D eigenvalue weighted by atomic mass is 9.68. The Morgan fingerprint density at radius 1 is 1.12 bits per heavy atom. The number of carbonyl (C=O) groups excluding carboxylic acids is 2. The van der Waals surface area contributed by atoms with Gasteiger partial charge in [0, 0.05) is 10.8 Å². The Morgan fingerprint density at radius 3 is 2.69 bits per heavy atom. The minimum Gasteiger partial charge on any atom is -0.449 e. The van der Waals surface area contributed by atoms with E-state index in [-0.39, 0.29) is 11.8 Å². The smallest absolute Gasteiger partial charge is 0.413 e. The molecule has 5 unspecified atom stereocenters. The molecule has 1 aromatic heterocycles. The standard InChI is InChI=1S/C24H29N3O4S/c28-21(27-30)9-20-13-32-22(25-20)26-23(29)31-14-24-10-15-6-17(16-4-2-1-3-5-16)8-19(12-24)18(7-15)11-24/h1-5,13,15,17-19,30H,6-12,14H2,(H,27,28)(H,25,26,29). The molecule has 3 aliphatic carbocycles. The summed E-state index contributed by atoms with van der Waals surface area (Å²) in [5.41, 5.74) is 3.66. The molecule has 32 heavy (non-hydrogen) atoms. The molecule has 1 heterocycles. The predicted molar refractivity (Wildman–Crippen MR) is 121 cm³/mol. The first-order valence-corrected chi connectivity index (χ1v) is 12.3. The number of aromatic nitrogens is 1. The number of carbonyl (C=O) groups is 2. The first-order chi connectivity index (χ1) is 15.5. The third-order valence-corrected chi connectivity index (χ3v) is 8.43. The van der Waals surface area contributed by atoms with E-state index in [0.29, 0.717) is 29.3 Å². The Kier molecular flexibility index (Phi) is 5.90. The maximum atomic E-state index is 12.4. The van der Waals surface area contributed by atoms with Crippen LogP contribution in [0.15, 0.2) is 35.7 Å². The van der Waals surface area contributed by atoms with Gasteiger partial charge in [-0.1, -0.05) is 30.3 Å². The van der Waals surface area contributed by atoms with Crippen LogP contribution in [0.25, 0.3) is 0 Å². The molecule has 3 aliphatic rings. The van der Waals surface area contributed by atoms with Gasteiger partial charge in [0.2, 0.25) is 5.91 Å². The highest BCUT2D eigenvalue weighted by Crippen LogP contribution is 2.62. The number of benzene rings is 1. The molecule has 3 bridgehead atoms. The Morgan fingerprint density at radius 2 is 1.91 bits per heavy atom. The van der Waals surface area contributed by atoms with E-state index in [9.17, 15) is 9.59 Å². The molecular weight excluding hydrogens is 426 g/mol. The summed E-state index contributed by atoms with van der Waals surface area (Å²) in [6.45, 7) is 0.462. The number of ether oxygens (including phenoxy) is 1. The van der Waals surface area contributed by atoms with Crippen molar-refractivity contribution in [3.63, 3.8) is 0 Å². The minimum atomic E-state index is -0.545. The molecule has 5 rings (SSSR count). The molecule has 8 heteroatoms. The molecule has 3 N–H and O–H groups in total. The molecule has 7 nitrogen and oxygen atoms in total. The summed E-state index contributed by atoms with van der Waals surface area (Å²) in [4.78, 5) is 27.8. The number of anilines is 1. The third kappa shape index (κ3) is 4.52. The molecule has 5 atom stereocenters. The first kappa shape index (κ1) is 21.4. The Balaban J connectivity index is 1.17. The van der Waals surface area contributed by atoms with Crippen LogP contribution in [-0.4, -0.2) is 28.8 Å². The summed E-state index contributed by atoms with van der Waals surface area (Å²) in [5, 5.41) is 13.4. The fraction of sp³-hybridized carbons (Fsp3) is 0.542. The van der Waals surface area contributed by atoms with E-state index in [1.807, 2.05) is 0 Å². The van der Waals surface area contributed by atoms with Crippen LogP contribution in [0.1, 0.15) is 55.7 Å². The van der Waals surface area contributed by atoms with Crippen LogP contribution < -0.4 is 10.8 Å². The topological polar surface area (TPSA) is 101 Å². The van der Waals surface area contributed by atoms with Gasteiger partial charge >= 0.3 is 6.09 Å². The van der Waals surface area contributed by atoms with E-state index in [4.69, 9.17) is 9.94 Å². The van der Waals surface area contributed by atoms with Crippen LogP contribution in [0, 0.1) is 23.2 Å². The molecule has 0 radical (unpaired) electrons. The molecule has 3 saturated carbocycles. The van der Waals surface area contributed by atoms with Crippen molar-refractivity contribution in [2.24, 2.45) is 23.2 Å². The Bertz CT molecular complexity index is 977. The van der Waals surface area contributed by atoms with E-state index in [2.05, 4.69) is 40.6 Å². The number of hydrogen-bond donors (Lipinski definition) is 3. The van der Waals surface area contributed by atoms with Crippen LogP contribution in [0.4, 0.5) is 9.93 Å². The van der Waals surface area contributed by atoms with Crippen molar-refractivity contribution >= 4 is 28.5 Å². The van der Waals surface area contributed by atoms with Gasteiger partial charge in [0.25, 0.3) is 0 Å². The van der Waals surface area contributed by atoms with Crippen molar-refractivity contribution in [3.8, 4) is 0 Å². The zero-order valence-electron chi connectivity index (χ0n) is 18.0. The van der Waals surface area contributed by atoms with Crippen molar-refractivity contribution < 1.29 is 19.5 Å². The van der Waals surface area contributed by atoms with Gasteiger partial charge in [-0.25, -0.2) is 15.3 Å². The quantitative estimate of drug-likeness (QED) is 0.431. The molecule has 0 spiro atoms. The lowest BCUT2D eigenvalue weighted by molar-refractivity contribution is -0.128. The SMILES string of the molecule is O=C(Cc1csc(NC(=O)OCC23CC4CC(c5ccccc5)CC(C2)C(C4)C3)n1)NO. The second-order valence-corrected chi connectivity index (χ2v) is 10.7. The predicted octanol–water partition coefficient (Wildman–Crippen LogP) is 4.74. The van der Waals surface area contributed by atoms with Crippen LogP contribution in [0.2, 0.25) is 0 Å². The number of nitrogens with zero attached hydrogens (tertiary/aromatic N) is 1. The number of hydroxylamine groups is 1. The Hall–Kier alpha value is -2.45. The maximum absolute atomic E-state index is 12.4. The summed E-state index contributed by atoms with van der Waals surface area (Å²) in [6, 6.07) is 10.9. The second-order valence-electron chi connectivity index (χ2n) is 9.87. The maximum Gasteiger partial charge on any atom is 0.413 e. The minimum absolute atomic E-state index is 0.0407. The van der Waals surface area contributed by atoms with Gasteiger partial charge in [0.05, 0.1) is 18.7 Å². The Labute approximate surface area is 191 Å². The molecule has 0 saturated heterocycles. The summed E-state index contributed by atoms with van der Waals surface area (Å²) >= 11 is 1.23. The van der Waals surface area contributed by atoms with Crippen molar-refractivity contribution in [2.75, 3.05) is 11.9 Å². The van der Waals surface area contributed by atoms with Crippen molar-refractivity contribution in [2.45, 2.75) is 50.9 Å². The van der Waals surface area contributed by atoms with Crippen LogP contribution >= 0.6 is 11.3 Å². The summed E-state index contributed by atoms with van der Waals surface area (Å²) in [6.07, 6.45) is 6.76. The average Bonchev–Trinajstić information content (AvgIpc) is 3.29. The summed E-state index contributed by atoms with van der Waals surface area (Å²) in [5.74, 6) is 2.30. The zero-order valence-corrected chi connectivity index (χ0v) is 18.8. The number of thiazole rings is 1. The molecular formula is C24H29N3O4S. The average molecular weight is 456 g/mol. The highest BCUT2D eigenvalue weighted by Gasteiger charge is 2.53. The fourth-order valence-corrected chi connectivity index (χ4v) is 7.28. The van der Waals surface area contributed by atoms with Gasteiger partial charge in [-0.2, -0.15) is 0 Å². The molecule has 2 aromatic rings. The lowest BCUT2D eigenvalue weighted by Gasteiger charge is -2.38. The molecule has 170 valence electrons. The van der Waals surface area contributed by atoms with Crippen molar-refractivity contribution in [3.05, 3.63) is 47.0 Å². The van der Waals surface area contributed by atoms with Crippen molar-refractivity contribution in [1.82, 2.24) is 10.5 Å². The van der Waals surface area contributed by atoms with E-state index in [1.54, 1.807) is 10.9 Å². The van der Waals surface area contributed by atoms with Gasteiger partial charge in [-0.05, 0) is 67.8 Å². The monoisotopic (exact) mass is 455 g/mol. The number of hydrogen-bond acceptors (Lipinski definition) is 6. The molecule has 2 amide bonds. The number of amides is 2. The number of rotatable bonds is 6. The fourth-order valence-electron chi connectivity index (χ4n) is 6.58. The molecule has 1 aromatic carbocycles. The van der Waals surface area contributed by atoms with Crippen molar-refractivity contribution in [1.29, 1.82) is 0 Å². The third-order valence-electron chi connectivity index (χ3n) is 7.63. The number of nitrogens with one attached hydrogen (secondary N) is 2.